The minimum Gasteiger partial charge on any atom is -0.373 e. The number of ether oxygens (including phenoxy) is 2. The average Bonchev–Trinajstić information content (AvgIpc) is 2.76. The number of rotatable bonds is 10. The fourth-order valence-electron chi connectivity index (χ4n) is 4.91. The molecule has 9 nitrogen and oxygen atoms in total. The van der Waals surface area contributed by atoms with Crippen molar-refractivity contribution in [2.75, 3.05) is 75.4 Å². The van der Waals surface area contributed by atoms with E-state index in [1.54, 1.807) is 0 Å². The fourth-order valence-corrected chi connectivity index (χ4v) is 14.1. The SMILES string of the molecule is CN1CN(C)P2(N(C)C)=NP1(=NCC(C)(C)OCCOC(C)(C)Cc1ccccc1)N(C)CN2C. The maximum Gasteiger partial charge on any atom is 0.215 e. The van der Waals surface area contributed by atoms with Crippen LogP contribution in [-0.2, 0) is 15.9 Å². The predicted octanol–water partition coefficient (Wildman–Crippen LogP) is 4.94. The molecule has 0 saturated heterocycles. The monoisotopic (exact) mass is 527 g/mol. The zero-order valence-electron chi connectivity index (χ0n) is 23.5. The summed E-state index contributed by atoms with van der Waals surface area (Å²) in [6.45, 7) is 11.9. The van der Waals surface area contributed by atoms with Crippen molar-refractivity contribution in [2.24, 2.45) is 9.26 Å². The molecule has 0 radical (unpaired) electrons. The molecule has 0 unspecified atom stereocenters. The van der Waals surface area contributed by atoms with Crippen LogP contribution in [0.25, 0.3) is 0 Å². The number of hydrogen-bond donors (Lipinski definition) is 0. The van der Waals surface area contributed by atoms with E-state index < -0.39 is 20.6 Å². The molecule has 0 aliphatic carbocycles. The summed E-state index contributed by atoms with van der Waals surface area (Å²) in [6, 6.07) is 10.5. The van der Waals surface area contributed by atoms with Crippen LogP contribution in [0.2, 0.25) is 0 Å². The second kappa shape index (κ2) is 11.0. The van der Waals surface area contributed by atoms with E-state index in [0.717, 1.165) is 19.8 Å². The lowest BCUT2D eigenvalue weighted by Crippen LogP contribution is -2.50. The third-order valence-corrected chi connectivity index (χ3v) is 14.3. The highest BCUT2D eigenvalue weighted by Gasteiger charge is 2.49. The first-order valence-corrected chi connectivity index (χ1v) is 15.5. The molecule has 1 aromatic rings. The van der Waals surface area contributed by atoms with Crippen LogP contribution in [0.5, 0.6) is 0 Å². The largest absolute Gasteiger partial charge is 0.373 e. The summed E-state index contributed by atoms with van der Waals surface area (Å²) < 4.78 is 35.1. The van der Waals surface area contributed by atoms with E-state index in [0.29, 0.717) is 19.8 Å². The van der Waals surface area contributed by atoms with Crippen molar-refractivity contribution < 1.29 is 9.47 Å². The van der Waals surface area contributed by atoms with E-state index in [2.05, 4.69) is 118 Å². The maximum absolute atomic E-state index is 6.28. The van der Waals surface area contributed by atoms with E-state index in [1.807, 2.05) is 6.07 Å². The molecular formula is C24H47N7O2P2. The zero-order chi connectivity index (χ0) is 26.1. The molecule has 2 bridgehead atoms. The summed E-state index contributed by atoms with van der Waals surface area (Å²) in [5, 5.41) is 0. The summed E-state index contributed by atoms with van der Waals surface area (Å²) in [7, 11) is 8.80. The van der Waals surface area contributed by atoms with Gasteiger partial charge in [0.2, 0.25) is 7.51 Å². The normalized spacial score (nSPS) is 27.3. The quantitative estimate of drug-likeness (QED) is 0.315. The molecular weight excluding hydrogens is 480 g/mol. The summed E-state index contributed by atoms with van der Waals surface area (Å²) >= 11 is 0. The first kappa shape index (κ1) is 29.0. The van der Waals surface area contributed by atoms with Gasteiger partial charge in [0.25, 0.3) is 0 Å². The van der Waals surface area contributed by atoms with Crippen LogP contribution in [0.1, 0.15) is 33.3 Å². The van der Waals surface area contributed by atoms with E-state index in [4.69, 9.17) is 18.7 Å². The smallest absolute Gasteiger partial charge is 0.215 e. The molecule has 0 N–H and O–H groups in total. The van der Waals surface area contributed by atoms with Gasteiger partial charge in [0.15, 0.2) is 7.51 Å². The molecule has 0 fully saturated rings. The molecule has 0 atom stereocenters. The molecule has 0 saturated carbocycles. The van der Waals surface area contributed by atoms with Crippen molar-refractivity contribution in [3.05, 3.63) is 35.9 Å². The molecule has 0 spiro atoms. The summed E-state index contributed by atoms with van der Waals surface area (Å²) in [5.41, 5.74) is 0.644. The predicted molar refractivity (Wildman–Crippen MR) is 148 cm³/mol. The van der Waals surface area contributed by atoms with Gasteiger partial charge in [0, 0.05) is 6.42 Å². The second-order valence-electron chi connectivity index (χ2n) is 11.1. The number of benzene rings is 1. The van der Waals surface area contributed by atoms with Gasteiger partial charge < -0.3 is 9.47 Å². The molecule has 0 aromatic heterocycles. The van der Waals surface area contributed by atoms with Crippen LogP contribution in [0.15, 0.2) is 39.6 Å². The minimum atomic E-state index is -2.19. The van der Waals surface area contributed by atoms with Crippen molar-refractivity contribution in [2.45, 2.75) is 45.3 Å². The summed E-state index contributed by atoms with van der Waals surface area (Å²) in [4.78, 5) is 0. The first-order valence-electron chi connectivity index (χ1n) is 12.3. The van der Waals surface area contributed by atoms with Gasteiger partial charge in [-0.1, -0.05) is 30.3 Å². The highest BCUT2D eigenvalue weighted by Crippen LogP contribution is 2.75. The van der Waals surface area contributed by atoms with Crippen LogP contribution in [0, 0.1) is 0 Å². The standard InChI is InChI=1S/C24H47N7O2P2/c1-23(2,18-22-14-12-11-13-15-22)32-16-17-33-24(3,4)19-25-34-26-35(27(5)6,30(9)20-28(34)7)31(10)21-29(34)8/h11-15H,16-21H2,1-10H3. The summed E-state index contributed by atoms with van der Waals surface area (Å²) in [6.07, 6.45) is 0.874. The van der Waals surface area contributed by atoms with E-state index >= 15 is 0 Å². The van der Waals surface area contributed by atoms with Gasteiger partial charge in [-0.25, -0.2) is 18.7 Å². The highest BCUT2D eigenvalue weighted by atomic mass is 31.2. The van der Waals surface area contributed by atoms with Crippen LogP contribution in [-0.4, -0.2) is 110 Å². The molecule has 35 heavy (non-hydrogen) atoms. The van der Waals surface area contributed by atoms with Crippen LogP contribution < -0.4 is 0 Å². The van der Waals surface area contributed by atoms with Crippen molar-refractivity contribution in [3.63, 3.8) is 0 Å². The molecule has 3 rings (SSSR count). The van der Waals surface area contributed by atoms with E-state index in [-0.39, 0.29) is 5.60 Å². The molecule has 200 valence electrons. The van der Waals surface area contributed by atoms with E-state index in [9.17, 15) is 0 Å². The molecule has 0 amide bonds. The molecule has 2 aliphatic rings. The third-order valence-electron chi connectivity index (χ3n) is 6.61. The van der Waals surface area contributed by atoms with Gasteiger partial charge in [0.1, 0.15) is 0 Å². The molecule has 11 heteroatoms. The van der Waals surface area contributed by atoms with Crippen molar-refractivity contribution in [1.29, 1.82) is 0 Å². The van der Waals surface area contributed by atoms with Gasteiger partial charge >= 0.3 is 0 Å². The van der Waals surface area contributed by atoms with E-state index in [1.165, 1.54) is 5.56 Å². The maximum atomic E-state index is 6.28. The highest BCUT2D eigenvalue weighted by molar-refractivity contribution is 7.72. The van der Waals surface area contributed by atoms with Crippen molar-refractivity contribution in [1.82, 2.24) is 23.4 Å². The number of fused-ring (bicyclic) bond motifs is 1. The molecule has 1 aromatic carbocycles. The Labute approximate surface area is 213 Å². The average molecular weight is 528 g/mol. The van der Waals surface area contributed by atoms with Crippen molar-refractivity contribution >= 4 is 15.0 Å². The van der Waals surface area contributed by atoms with Crippen LogP contribution in [0.4, 0.5) is 0 Å². The lowest BCUT2D eigenvalue weighted by molar-refractivity contribution is -0.0805. The minimum absolute atomic E-state index is 0.241. The fraction of sp³-hybridized carbons (Fsp3) is 0.750. The third kappa shape index (κ3) is 6.28. The Morgan fingerprint density at radius 3 is 1.89 bits per heavy atom. The zero-order valence-corrected chi connectivity index (χ0v) is 25.3. The Morgan fingerprint density at radius 1 is 0.857 bits per heavy atom. The van der Waals surface area contributed by atoms with Crippen molar-refractivity contribution in [3.8, 4) is 0 Å². The second-order valence-corrected chi connectivity index (χ2v) is 17.8. The lowest BCUT2D eigenvalue weighted by Gasteiger charge is -2.57. The Bertz CT molecular complexity index is 942. The summed E-state index contributed by atoms with van der Waals surface area (Å²) in [5.74, 6) is 0. The number of nitrogens with zero attached hydrogens (tertiary/aromatic N) is 7. The van der Waals surface area contributed by atoms with Gasteiger partial charge in [0.05, 0.1) is 44.3 Å². The Kier molecular flexibility index (Phi) is 9.12. The van der Waals surface area contributed by atoms with Gasteiger partial charge in [-0.15, -0.1) is 0 Å². The van der Waals surface area contributed by atoms with Gasteiger partial charge in [-0.2, -0.15) is 4.52 Å². The lowest BCUT2D eigenvalue weighted by atomic mass is 9.98. The van der Waals surface area contributed by atoms with Gasteiger partial charge in [-0.05, 0) is 75.5 Å². The van der Waals surface area contributed by atoms with Crippen LogP contribution in [0.3, 0.4) is 0 Å². The molecule has 2 heterocycles. The van der Waals surface area contributed by atoms with Crippen LogP contribution >= 0.6 is 15.0 Å². The number of hydrogen-bond acceptors (Lipinski definition) is 6. The first-order chi connectivity index (χ1) is 16.2. The molecule has 2 aliphatic heterocycles. The Morgan fingerprint density at radius 2 is 1.37 bits per heavy atom. The Balaban J connectivity index is 1.67. The van der Waals surface area contributed by atoms with Gasteiger partial charge in [-0.3, -0.25) is 9.42 Å². The topological polar surface area (TPSA) is 59.4 Å². The Hall–Kier alpha value is -0.600.